The predicted octanol–water partition coefficient (Wildman–Crippen LogP) is 4.76. The van der Waals surface area contributed by atoms with Gasteiger partial charge in [-0.3, -0.25) is 10.1 Å². The first-order chi connectivity index (χ1) is 8.59. The number of nitro groups is 1. The molecule has 1 aromatic heterocycles. The molecule has 0 saturated heterocycles. The van der Waals surface area contributed by atoms with Gasteiger partial charge in [0, 0.05) is 10.5 Å². The number of nitrogens with zero attached hydrogens (tertiary/aromatic N) is 1. The molecule has 2 rings (SSSR count). The first-order valence-corrected chi connectivity index (χ1v) is 7.33. The average Bonchev–Trinajstić information content (AvgIpc) is 2.73. The highest BCUT2D eigenvalue weighted by atomic mass is 79.9. The second-order valence-electron chi connectivity index (χ2n) is 3.33. The van der Waals surface area contributed by atoms with Gasteiger partial charge in [0.15, 0.2) is 0 Å². The summed E-state index contributed by atoms with van der Waals surface area (Å²) in [4.78, 5) is 11.4. The Morgan fingerprint density at radius 2 is 2.06 bits per heavy atom. The van der Waals surface area contributed by atoms with E-state index in [4.69, 9.17) is 4.74 Å². The summed E-state index contributed by atoms with van der Waals surface area (Å²) in [5.74, 6) is 0.253. The molecule has 18 heavy (non-hydrogen) atoms. The molecular weight excluding hydrogens is 386 g/mol. The van der Waals surface area contributed by atoms with Crippen LogP contribution in [0.4, 0.5) is 5.69 Å². The third-order valence-corrected chi connectivity index (χ3v) is 4.71. The van der Waals surface area contributed by atoms with E-state index < -0.39 is 4.92 Å². The number of nitro benzene ring substituents is 1. The molecule has 7 heteroatoms. The SMILES string of the molecule is O=[N+]([O-])c1cccc(Br)c1OCc1sccc1Br. The van der Waals surface area contributed by atoms with Crippen molar-refractivity contribution >= 4 is 48.9 Å². The average molecular weight is 393 g/mol. The molecule has 0 spiro atoms. The number of rotatable bonds is 4. The Kier molecular flexibility index (Phi) is 4.36. The van der Waals surface area contributed by atoms with Crippen molar-refractivity contribution in [3.8, 4) is 5.75 Å². The van der Waals surface area contributed by atoms with Gasteiger partial charge in [0.05, 0.1) is 14.3 Å². The van der Waals surface area contributed by atoms with E-state index >= 15 is 0 Å². The van der Waals surface area contributed by atoms with Crippen molar-refractivity contribution in [3.63, 3.8) is 0 Å². The summed E-state index contributed by atoms with van der Waals surface area (Å²) in [5.41, 5.74) is -0.0444. The van der Waals surface area contributed by atoms with Gasteiger partial charge < -0.3 is 4.74 Å². The molecule has 0 aliphatic heterocycles. The van der Waals surface area contributed by atoms with Gasteiger partial charge >= 0.3 is 5.69 Å². The minimum atomic E-state index is -0.455. The van der Waals surface area contributed by atoms with Crippen LogP contribution in [0.15, 0.2) is 38.6 Å². The molecule has 0 unspecified atom stereocenters. The smallest absolute Gasteiger partial charge is 0.312 e. The third-order valence-electron chi connectivity index (χ3n) is 2.18. The zero-order valence-corrected chi connectivity index (χ0v) is 12.9. The highest BCUT2D eigenvalue weighted by molar-refractivity contribution is 9.10. The molecule has 0 radical (unpaired) electrons. The summed E-state index contributed by atoms with van der Waals surface area (Å²) >= 11 is 8.18. The van der Waals surface area contributed by atoms with Crippen LogP contribution in [0.3, 0.4) is 0 Å². The zero-order valence-electron chi connectivity index (χ0n) is 8.93. The van der Waals surface area contributed by atoms with E-state index in [-0.39, 0.29) is 11.4 Å². The quantitative estimate of drug-likeness (QED) is 0.556. The molecule has 0 fully saturated rings. The monoisotopic (exact) mass is 391 g/mol. The molecule has 1 aromatic carbocycles. The minimum absolute atomic E-state index is 0.0444. The molecule has 4 nitrogen and oxygen atoms in total. The van der Waals surface area contributed by atoms with Crippen molar-refractivity contribution in [1.29, 1.82) is 0 Å². The fourth-order valence-electron chi connectivity index (χ4n) is 1.35. The van der Waals surface area contributed by atoms with Gasteiger partial charge in [-0.15, -0.1) is 11.3 Å². The van der Waals surface area contributed by atoms with Crippen molar-refractivity contribution in [2.24, 2.45) is 0 Å². The molecule has 0 saturated carbocycles. The molecule has 1 heterocycles. The first-order valence-electron chi connectivity index (χ1n) is 4.87. The van der Waals surface area contributed by atoms with Crippen LogP contribution in [0.2, 0.25) is 0 Å². The molecule has 0 amide bonds. The molecule has 0 atom stereocenters. The lowest BCUT2D eigenvalue weighted by atomic mass is 10.3. The second kappa shape index (κ2) is 5.81. The van der Waals surface area contributed by atoms with Crippen LogP contribution in [0.1, 0.15) is 4.88 Å². The van der Waals surface area contributed by atoms with Crippen LogP contribution < -0.4 is 4.74 Å². The summed E-state index contributed by atoms with van der Waals surface area (Å²) in [6, 6.07) is 6.66. The number of ether oxygens (including phenoxy) is 1. The Hall–Kier alpha value is -0.920. The van der Waals surface area contributed by atoms with Crippen molar-refractivity contribution in [1.82, 2.24) is 0 Å². The summed E-state index contributed by atoms with van der Waals surface area (Å²) < 4.78 is 7.07. The van der Waals surface area contributed by atoms with Crippen LogP contribution in [0.5, 0.6) is 5.75 Å². The molecule has 0 bridgehead atoms. The van der Waals surface area contributed by atoms with Gasteiger partial charge in [0.1, 0.15) is 6.61 Å². The second-order valence-corrected chi connectivity index (χ2v) is 6.03. The first kappa shape index (κ1) is 13.5. The number of thiophene rings is 1. The lowest BCUT2D eigenvalue weighted by molar-refractivity contribution is -0.386. The Balaban J connectivity index is 2.24. The number of hydrogen-bond acceptors (Lipinski definition) is 4. The van der Waals surface area contributed by atoms with E-state index in [1.165, 1.54) is 17.4 Å². The fraction of sp³-hybridized carbons (Fsp3) is 0.0909. The van der Waals surface area contributed by atoms with Crippen LogP contribution in [-0.4, -0.2) is 4.92 Å². The lowest BCUT2D eigenvalue weighted by Crippen LogP contribution is -1.99. The van der Waals surface area contributed by atoms with Crippen LogP contribution in [0.25, 0.3) is 0 Å². The molecule has 0 aliphatic rings. The maximum Gasteiger partial charge on any atom is 0.312 e. The van der Waals surface area contributed by atoms with Crippen LogP contribution in [-0.2, 0) is 6.61 Å². The van der Waals surface area contributed by atoms with Gasteiger partial charge in [-0.25, -0.2) is 0 Å². The Bertz CT molecular complexity index is 585. The maximum absolute atomic E-state index is 10.9. The zero-order chi connectivity index (χ0) is 13.1. The van der Waals surface area contributed by atoms with Crippen molar-refractivity contribution in [2.45, 2.75) is 6.61 Å². The Morgan fingerprint density at radius 3 is 2.67 bits per heavy atom. The Morgan fingerprint density at radius 1 is 1.28 bits per heavy atom. The van der Waals surface area contributed by atoms with Gasteiger partial charge in [0.25, 0.3) is 0 Å². The van der Waals surface area contributed by atoms with Crippen molar-refractivity contribution in [3.05, 3.63) is 53.6 Å². The third kappa shape index (κ3) is 2.90. The summed E-state index contributed by atoms with van der Waals surface area (Å²) in [7, 11) is 0. The van der Waals surface area contributed by atoms with Crippen LogP contribution in [0, 0.1) is 10.1 Å². The molecule has 0 aliphatic carbocycles. The van der Waals surface area contributed by atoms with E-state index in [2.05, 4.69) is 31.9 Å². The fourth-order valence-corrected chi connectivity index (χ4v) is 3.20. The standard InChI is InChI=1S/C11H7Br2NO3S/c12-7-4-5-18-10(7)6-17-11-8(13)2-1-3-9(11)14(15)16/h1-5H,6H2. The minimum Gasteiger partial charge on any atom is -0.480 e. The largest absolute Gasteiger partial charge is 0.480 e. The van der Waals surface area contributed by atoms with E-state index in [0.29, 0.717) is 11.1 Å². The molecular formula is C11H7Br2NO3S. The van der Waals surface area contributed by atoms with Gasteiger partial charge in [-0.1, -0.05) is 6.07 Å². The number of halogens is 2. The van der Waals surface area contributed by atoms with Crippen molar-refractivity contribution < 1.29 is 9.66 Å². The highest BCUT2D eigenvalue weighted by Crippen LogP contribution is 2.36. The van der Waals surface area contributed by atoms with Gasteiger partial charge in [-0.05, 0) is 49.4 Å². The number of benzene rings is 1. The summed E-state index contributed by atoms with van der Waals surface area (Å²) in [5, 5.41) is 12.8. The topological polar surface area (TPSA) is 52.4 Å². The molecule has 2 aromatic rings. The van der Waals surface area contributed by atoms with E-state index in [1.807, 2.05) is 11.4 Å². The van der Waals surface area contributed by atoms with Gasteiger partial charge in [0.2, 0.25) is 5.75 Å². The highest BCUT2D eigenvalue weighted by Gasteiger charge is 2.18. The molecule has 94 valence electrons. The van der Waals surface area contributed by atoms with Gasteiger partial charge in [-0.2, -0.15) is 0 Å². The normalized spacial score (nSPS) is 10.3. The molecule has 0 N–H and O–H groups in total. The van der Waals surface area contributed by atoms with E-state index in [1.54, 1.807) is 12.1 Å². The summed E-state index contributed by atoms with van der Waals surface area (Å²) in [6.45, 7) is 0.293. The van der Waals surface area contributed by atoms with E-state index in [9.17, 15) is 10.1 Å². The number of para-hydroxylation sites is 1. The number of hydrogen-bond donors (Lipinski definition) is 0. The predicted molar refractivity (Wildman–Crippen MR) is 77.1 cm³/mol. The summed E-state index contributed by atoms with van der Waals surface area (Å²) in [6.07, 6.45) is 0. The van der Waals surface area contributed by atoms with E-state index in [0.717, 1.165) is 9.35 Å². The maximum atomic E-state index is 10.9. The Labute approximate surface area is 124 Å². The van der Waals surface area contributed by atoms with Crippen LogP contribution >= 0.6 is 43.2 Å². The van der Waals surface area contributed by atoms with Crippen molar-refractivity contribution in [2.75, 3.05) is 0 Å². The lowest BCUT2D eigenvalue weighted by Gasteiger charge is -2.07.